The summed E-state index contributed by atoms with van der Waals surface area (Å²) in [7, 11) is 0. The molecule has 0 aliphatic carbocycles. The van der Waals surface area contributed by atoms with Crippen LogP contribution < -0.4 is 10.4 Å². The molecule has 0 aliphatic rings. The summed E-state index contributed by atoms with van der Waals surface area (Å²) < 4.78 is 24.1. The number of hydrogen-bond donors (Lipinski definition) is 1. The van der Waals surface area contributed by atoms with Crippen LogP contribution in [0.1, 0.15) is 11.1 Å². The average Bonchev–Trinajstić information content (AvgIpc) is 2.60. The zero-order valence-electron chi connectivity index (χ0n) is 13.0. The first kappa shape index (κ1) is 15.8. The Morgan fingerprint density at radius 1 is 1.08 bits per heavy atom. The summed E-state index contributed by atoms with van der Waals surface area (Å²) in [6.07, 6.45) is 0. The maximum absolute atomic E-state index is 13.1. The predicted molar refractivity (Wildman–Crippen MR) is 87.5 cm³/mol. The van der Waals surface area contributed by atoms with E-state index < -0.39 is 11.4 Å². The molecule has 0 saturated carbocycles. The highest BCUT2D eigenvalue weighted by Gasteiger charge is 2.20. The van der Waals surface area contributed by atoms with Gasteiger partial charge in [-0.25, -0.2) is 9.18 Å². The second kappa shape index (κ2) is 6.58. The van der Waals surface area contributed by atoms with Crippen LogP contribution in [0.3, 0.4) is 0 Å². The van der Waals surface area contributed by atoms with Gasteiger partial charge in [0.05, 0.1) is 5.56 Å². The molecule has 0 saturated heterocycles. The zero-order chi connectivity index (χ0) is 17.1. The minimum absolute atomic E-state index is 0.0579. The van der Waals surface area contributed by atoms with Gasteiger partial charge in [0.1, 0.15) is 12.4 Å². The molecule has 0 amide bonds. The monoisotopic (exact) mass is 326 g/mol. The van der Waals surface area contributed by atoms with Crippen molar-refractivity contribution in [2.24, 2.45) is 0 Å². The van der Waals surface area contributed by atoms with E-state index >= 15 is 0 Å². The van der Waals surface area contributed by atoms with E-state index in [1.165, 1.54) is 31.2 Å². The van der Waals surface area contributed by atoms with Gasteiger partial charge in [0.2, 0.25) is 5.75 Å². The van der Waals surface area contributed by atoms with Gasteiger partial charge in [0, 0.05) is 5.56 Å². The van der Waals surface area contributed by atoms with Crippen LogP contribution in [0.15, 0.2) is 63.8 Å². The van der Waals surface area contributed by atoms with Crippen LogP contribution in [0.5, 0.6) is 11.5 Å². The molecule has 3 rings (SSSR count). The molecule has 3 aromatic rings. The molecule has 2 aromatic carbocycles. The van der Waals surface area contributed by atoms with Crippen molar-refractivity contribution in [1.29, 1.82) is 0 Å². The summed E-state index contributed by atoms with van der Waals surface area (Å²) in [5.74, 6) is -0.563. The average molecular weight is 326 g/mol. The van der Waals surface area contributed by atoms with Gasteiger partial charge in [0.15, 0.2) is 11.5 Å². The standard InChI is InChI=1S/C19H15FO4/c1-12-16(21)18(23-11-13-5-3-2-4-6-13)17(24-19(12)22)14-7-9-15(20)10-8-14/h2-10,21H,11H2,1H3. The Balaban J connectivity index is 2.04. The van der Waals surface area contributed by atoms with Gasteiger partial charge in [-0.2, -0.15) is 0 Å². The topological polar surface area (TPSA) is 59.7 Å². The largest absolute Gasteiger partial charge is 0.504 e. The van der Waals surface area contributed by atoms with E-state index in [2.05, 4.69) is 0 Å². The van der Waals surface area contributed by atoms with Crippen molar-refractivity contribution < 1.29 is 18.7 Å². The summed E-state index contributed by atoms with van der Waals surface area (Å²) >= 11 is 0. The van der Waals surface area contributed by atoms with Gasteiger partial charge < -0.3 is 14.3 Å². The van der Waals surface area contributed by atoms with Crippen molar-refractivity contribution >= 4 is 0 Å². The summed E-state index contributed by atoms with van der Waals surface area (Å²) in [6.45, 7) is 1.64. The van der Waals surface area contributed by atoms with Gasteiger partial charge >= 0.3 is 5.63 Å². The molecule has 0 atom stereocenters. The molecule has 122 valence electrons. The van der Waals surface area contributed by atoms with Crippen LogP contribution in [0, 0.1) is 12.7 Å². The molecule has 0 bridgehead atoms. The number of rotatable bonds is 4. The quantitative estimate of drug-likeness (QED) is 0.786. The molecule has 5 heteroatoms. The van der Waals surface area contributed by atoms with Gasteiger partial charge in [0.25, 0.3) is 0 Å². The number of benzene rings is 2. The number of hydrogen-bond acceptors (Lipinski definition) is 4. The fraction of sp³-hybridized carbons (Fsp3) is 0.105. The number of ether oxygens (including phenoxy) is 1. The smallest absolute Gasteiger partial charge is 0.343 e. The molecule has 0 spiro atoms. The third-order valence-electron chi connectivity index (χ3n) is 3.61. The highest BCUT2D eigenvalue weighted by atomic mass is 19.1. The molecule has 1 aromatic heterocycles. The van der Waals surface area contributed by atoms with Crippen molar-refractivity contribution in [3.8, 4) is 22.8 Å². The Labute approximate surface area is 137 Å². The van der Waals surface area contributed by atoms with Crippen LogP contribution in [0.4, 0.5) is 4.39 Å². The highest BCUT2D eigenvalue weighted by Crippen LogP contribution is 2.38. The lowest BCUT2D eigenvalue weighted by atomic mass is 10.1. The van der Waals surface area contributed by atoms with Crippen LogP contribution in [-0.4, -0.2) is 5.11 Å². The van der Waals surface area contributed by atoms with Crippen molar-refractivity contribution in [3.05, 3.63) is 82.0 Å². The fourth-order valence-corrected chi connectivity index (χ4v) is 2.25. The number of aromatic hydroxyl groups is 1. The molecule has 1 N–H and O–H groups in total. The summed E-state index contributed by atoms with van der Waals surface area (Å²) in [6, 6.07) is 14.8. The zero-order valence-corrected chi connectivity index (χ0v) is 13.0. The van der Waals surface area contributed by atoms with Crippen LogP contribution >= 0.6 is 0 Å². The molecule has 0 radical (unpaired) electrons. The summed E-state index contributed by atoms with van der Waals surface area (Å²) in [4.78, 5) is 11.9. The fourth-order valence-electron chi connectivity index (χ4n) is 2.25. The Kier molecular flexibility index (Phi) is 4.33. The maximum Gasteiger partial charge on any atom is 0.343 e. The van der Waals surface area contributed by atoms with Crippen molar-refractivity contribution in [2.75, 3.05) is 0 Å². The Morgan fingerprint density at radius 3 is 2.42 bits per heavy atom. The van der Waals surface area contributed by atoms with Gasteiger partial charge in [-0.3, -0.25) is 0 Å². The molecule has 4 nitrogen and oxygen atoms in total. The van der Waals surface area contributed by atoms with Crippen LogP contribution in [-0.2, 0) is 6.61 Å². The van der Waals surface area contributed by atoms with Gasteiger partial charge in [-0.05, 0) is 36.8 Å². The molecule has 0 unspecified atom stereocenters. The molecule has 0 fully saturated rings. The Bertz CT molecular complexity index is 899. The molecule has 1 heterocycles. The molecular weight excluding hydrogens is 311 g/mol. The van der Waals surface area contributed by atoms with E-state index in [4.69, 9.17) is 9.15 Å². The molecular formula is C19H15FO4. The molecule has 24 heavy (non-hydrogen) atoms. The van der Waals surface area contributed by atoms with E-state index in [1.54, 1.807) is 0 Å². The third-order valence-corrected chi connectivity index (χ3v) is 3.61. The second-order valence-electron chi connectivity index (χ2n) is 5.30. The van der Waals surface area contributed by atoms with Crippen molar-refractivity contribution in [1.82, 2.24) is 0 Å². The van der Waals surface area contributed by atoms with E-state index in [-0.39, 0.29) is 29.4 Å². The second-order valence-corrected chi connectivity index (χ2v) is 5.30. The normalized spacial score (nSPS) is 10.6. The predicted octanol–water partition coefficient (Wildman–Crippen LogP) is 4.04. The third kappa shape index (κ3) is 3.15. The van der Waals surface area contributed by atoms with Gasteiger partial charge in [-0.15, -0.1) is 0 Å². The minimum Gasteiger partial charge on any atom is -0.504 e. The van der Waals surface area contributed by atoms with Gasteiger partial charge in [-0.1, -0.05) is 30.3 Å². The maximum atomic E-state index is 13.1. The van der Waals surface area contributed by atoms with E-state index in [1.807, 2.05) is 30.3 Å². The van der Waals surface area contributed by atoms with Crippen molar-refractivity contribution in [3.63, 3.8) is 0 Å². The van der Waals surface area contributed by atoms with Crippen LogP contribution in [0.25, 0.3) is 11.3 Å². The summed E-state index contributed by atoms with van der Waals surface area (Å²) in [5.41, 5.74) is 0.723. The SMILES string of the molecule is Cc1c(O)c(OCc2ccccc2)c(-c2ccc(F)cc2)oc1=O. The van der Waals surface area contributed by atoms with E-state index in [0.29, 0.717) is 5.56 Å². The Morgan fingerprint density at radius 2 is 1.75 bits per heavy atom. The minimum atomic E-state index is -0.668. The first-order valence-electron chi connectivity index (χ1n) is 7.35. The molecule has 0 aliphatic heterocycles. The first-order valence-corrected chi connectivity index (χ1v) is 7.35. The van der Waals surface area contributed by atoms with E-state index in [0.717, 1.165) is 5.56 Å². The lowest BCUT2D eigenvalue weighted by Gasteiger charge is -2.13. The van der Waals surface area contributed by atoms with Crippen molar-refractivity contribution in [2.45, 2.75) is 13.5 Å². The highest BCUT2D eigenvalue weighted by molar-refractivity contribution is 5.68. The lowest BCUT2D eigenvalue weighted by Crippen LogP contribution is -2.07. The lowest BCUT2D eigenvalue weighted by molar-refractivity contribution is 0.277. The first-order chi connectivity index (χ1) is 11.6. The Hall–Kier alpha value is -3.08. The van der Waals surface area contributed by atoms with Crippen LogP contribution in [0.2, 0.25) is 0 Å². The van der Waals surface area contributed by atoms with E-state index in [9.17, 15) is 14.3 Å². The number of halogens is 1. The summed E-state index contributed by atoms with van der Waals surface area (Å²) in [5, 5.41) is 10.3.